The molecule has 1 atom stereocenters. The van der Waals surface area contributed by atoms with E-state index in [0.717, 1.165) is 0 Å². The maximum atomic E-state index is 12.2. The van der Waals surface area contributed by atoms with E-state index in [4.69, 9.17) is 26.8 Å². The minimum absolute atomic E-state index is 0.133. The lowest BCUT2D eigenvalue weighted by Crippen LogP contribution is -2.46. The summed E-state index contributed by atoms with van der Waals surface area (Å²) in [6, 6.07) is 4.70. The topological polar surface area (TPSA) is 81.9 Å². The first-order valence-corrected chi connectivity index (χ1v) is 7.00. The van der Waals surface area contributed by atoms with Gasteiger partial charge in [-0.2, -0.15) is 0 Å². The molecule has 0 aromatic heterocycles. The van der Waals surface area contributed by atoms with Crippen molar-refractivity contribution in [2.24, 2.45) is 0 Å². The molecular formula is C14H17ClN2O4. The van der Waals surface area contributed by atoms with E-state index in [2.05, 4.69) is 0 Å². The SMILES string of the molecule is CC(OC(=O)c1cccc(N)c1Cl)C(=O)N1CCOCC1. The molecule has 1 aromatic carbocycles. The average molecular weight is 313 g/mol. The Bertz CT molecular complexity index is 544. The summed E-state index contributed by atoms with van der Waals surface area (Å²) in [6.07, 6.45) is -0.881. The van der Waals surface area contributed by atoms with Gasteiger partial charge in [-0.25, -0.2) is 4.79 Å². The molecule has 21 heavy (non-hydrogen) atoms. The van der Waals surface area contributed by atoms with Crippen LogP contribution in [-0.4, -0.2) is 49.2 Å². The van der Waals surface area contributed by atoms with Crippen molar-refractivity contribution in [1.29, 1.82) is 0 Å². The highest BCUT2D eigenvalue weighted by atomic mass is 35.5. The predicted octanol–water partition coefficient (Wildman–Crippen LogP) is 1.33. The van der Waals surface area contributed by atoms with Crippen molar-refractivity contribution in [3.05, 3.63) is 28.8 Å². The van der Waals surface area contributed by atoms with E-state index >= 15 is 0 Å². The Labute approximate surface area is 127 Å². The van der Waals surface area contributed by atoms with Crippen LogP contribution in [0.3, 0.4) is 0 Å². The lowest BCUT2D eigenvalue weighted by Gasteiger charge is -2.29. The van der Waals surface area contributed by atoms with E-state index in [0.29, 0.717) is 32.0 Å². The smallest absolute Gasteiger partial charge is 0.340 e. The van der Waals surface area contributed by atoms with Crippen molar-refractivity contribution in [3.8, 4) is 0 Å². The van der Waals surface area contributed by atoms with Gasteiger partial charge in [0.2, 0.25) is 0 Å². The Morgan fingerprint density at radius 3 is 2.71 bits per heavy atom. The molecule has 1 aromatic rings. The number of halogens is 1. The van der Waals surface area contributed by atoms with E-state index in [9.17, 15) is 9.59 Å². The third-order valence-electron chi connectivity index (χ3n) is 3.20. The van der Waals surface area contributed by atoms with E-state index in [-0.39, 0.29) is 16.5 Å². The molecule has 1 aliphatic rings. The van der Waals surface area contributed by atoms with Crippen LogP contribution in [0.25, 0.3) is 0 Å². The maximum Gasteiger partial charge on any atom is 0.340 e. The fourth-order valence-electron chi connectivity index (χ4n) is 2.02. The number of carbonyl (C=O) groups excluding carboxylic acids is 2. The summed E-state index contributed by atoms with van der Waals surface area (Å²) in [5.74, 6) is -0.909. The Balaban J connectivity index is 2.01. The van der Waals surface area contributed by atoms with Crippen LogP contribution in [0.2, 0.25) is 5.02 Å². The first-order valence-electron chi connectivity index (χ1n) is 6.62. The molecule has 0 saturated carbocycles. The molecule has 7 heteroatoms. The number of morpholine rings is 1. The molecule has 1 saturated heterocycles. The van der Waals surface area contributed by atoms with Gasteiger partial charge in [-0.3, -0.25) is 4.79 Å². The molecule has 1 unspecified atom stereocenters. The van der Waals surface area contributed by atoms with Gasteiger partial charge in [0.1, 0.15) is 0 Å². The summed E-state index contributed by atoms with van der Waals surface area (Å²) in [7, 11) is 0. The lowest BCUT2D eigenvalue weighted by atomic mass is 10.2. The van der Waals surface area contributed by atoms with Gasteiger partial charge in [-0.05, 0) is 19.1 Å². The molecule has 2 rings (SSSR count). The van der Waals surface area contributed by atoms with Gasteiger partial charge in [-0.15, -0.1) is 0 Å². The summed E-state index contributed by atoms with van der Waals surface area (Å²) >= 11 is 5.96. The van der Waals surface area contributed by atoms with Crippen molar-refractivity contribution in [2.75, 3.05) is 32.0 Å². The number of nitrogen functional groups attached to an aromatic ring is 1. The maximum absolute atomic E-state index is 12.2. The zero-order valence-corrected chi connectivity index (χ0v) is 12.4. The molecule has 6 nitrogen and oxygen atoms in total. The van der Waals surface area contributed by atoms with Crippen LogP contribution in [-0.2, 0) is 14.3 Å². The quantitative estimate of drug-likeness (QED) is 0.672. The van der Waals surface area contributed by atoms with E-state index in [1.165, 1.54) is 13.0 Å². The normalized spacial score (nSPS) is 16.4. The van der Waals surface area contributed by atoms with Gasteiger partial charge in [-0.1, -0.05) is 17.7 Å². The van der Waals surface area contributed by atoms with Crippen LogP contribution in [0.5, 0.6) is 0 Å². The van der Waals surface area contributed by atoms with Gasteiger partial charge in [0.05, 0.1) is 29.5 Å². The number of hydrogen-bond acceptors (Lipinski definition) is 5. The Morgan fingerprint density at radius 2 is 2.05 bits per heavy atom. The van der Waals surface area contributed by atoms with Crippen molar-refractivity contribution >= 4 is 29.2 Å². The van der Waals surface area contributed by atoms with Crippen molar-refractivity contribution in [2.45, 2.75) is 13.0 Å². The summed E-state index contributed by atoms with van der Waals surface area (Å²) < 4.78 is 10.4. The summed E-state index contributed by atoms with van der Waals surface area (Å²) in [5.41, 5.74) is 6.08. The molecule has 1 amide bonds. The fraction of sp³-hybridized carbons (Fsp3) is 0.429. The summed E-state index contributed by atoms with van der Waals surface area (Å²) in [5, 5.41) is 0.133. The zero-order chi connectivity index (χ0) is 15.4. The molecule has 1 heterocycles. The minimum Gasteiger partial charge on any atom is -0.449 e. The molecule has 0 spiro atoms. The average Bonchev–Trinajstić information content (AvgIpc) is 2.50. The van der Waals surface area contributed by atoms with Gasteiger partial charge in [0.25, 0.3) is 5.91 Å². The monoisotopic (exact) mass is 312 g/mol. The van der Waals surface area contributed by atoms with E-state index in [1.54, 1.807) is 17.0 Å². The third kappa shape index (κ3) is 3.65. The molecule has 1 aliphatic heterocycles. The zero-order valence-electron chi connectivity index (χ0n) is 11.7. The number of nitrogens with zero attached hydrogens (tertiary/aromatic N) is 1. The first kappa shape index (κ1) is 15.6. The van der Waals surface area contributed by atoms with Gasteiger partial charge in [0.15, 0.2) is 6.10 Å². The largest absolute Gasteiger partial charge is 0.449 e. The standard InChI is InChI=1S/C14H17ClN2O4/c1-9(13(18)17-5-7-20-8-6-17)21-14(19)10-3-2-4-11(16)12(10)15/h2-4,9H,5-8,16H2,1H3. The minimum atomic E-state index is -0.881. The molecule has 1 fully saturated rings. The molecule has 0 aliphatic carbocycles. The molecule has 0 radical (unpaired) electrons. The third-order valence-corrected chi connectivity index (χ3v) is 3.62. The summed E-state index contributed by atoms with van der Waals surface area (Å²) in [6.45, 7) is 3.52. The second kappa shape index (κ2) is 6.78. The van der Waals surface area contributed by atoms with Crippen LogP contribution >= 0.6 is 11.6 Å². The second-order valence-electron chi connectivity index (χ2n) is 4.69. The van der Waals surface area contributed by atoms with Gasteiger partial charge >= 0.3 is 5.97 Å². The highest BCUT2D eigenvalue weighted by Crippen LogP contribution is 2.24. The van der Waals surface area contributed by atoms with Crippen LogP contribution in [0.4, 0.5) is 5.69 Å². The number of carbonyl (C=O) groups is 2. The molecule has 114 valence electrons. The second-order valence-corrected chi connectivity index (χ2v) is 5.07. The number of nitrogens with two attached hydrogens (primary N) is 1. The van der Waals surface area contributed by atoms with E-state index < -0.39 is 12.1 Å². The number of esters is 1. The molecule has 0 bridgehead atoms. The van der Waals surface area contributed by atoms with Crippen molar-refractivity contribution < 1.29 is 19.1 Å². The van der Waals surface area contributed by atoms with E-state index in [1.807, 2.05) is 0 Å². The number of anilines is 1. The molecular weight excluding hydrogens is 296 g/mol. The number of rotatable bonds is 3. The van der Waals surface area contributed by atoms with Crippen LogP contribution in [0, 0.1) is 0 Å². The number of amides is 1. The van der Waals surface area contributed by atoms with Gasteiger partial charge < -0.3 is 20.1 Å². The van der Waals surface area contributed by atoms with Crippen LogP contribution < -0.4 is 5.73 Å². The number of hydrogen-bond donors (Lipinski definition) is 1. The number of ether oxygens (including phenoxy) is 2. The predicted molar refractivity (Wildman–Crippen MR) is 78.1 cm³/mol. The fourth-order valence-corrected chi connectivity index (χ4v) is 2.23. The highest BCUT2D eigenvalue weighted by Gasteiger charge is 2.26. The van der Waals surface area contributed by atoms with Crippen LogP contribution in [0.1, 0.15) is 17.3 Å². The van der Waals surface area contributed by atoms with Crippen LogP contribution in [0.15, 0.2) is 18.2 Å². The molecule has 2 N–H and O–H groups in total. The summed E-state index contributed by atoms with van der Waals surface area (Å²) in [4.78, 5) is 25.8. The Hall–Kier alpha value is -1.79. The van der Waals surface area contributed by atoms with Crippen molar-refractivity contribution in [3.63, 3.8) is 0 Å². The van der Waals surface area contributed by atoms with Crippen molar-refractivity contribution in [1.82, 2.24) is 4.90 Å². The van der Waals surface area contributed by atoms with Gasteiger partial charge in [0, 0.05) is 13.1 Å². The first-order chi connectivity index (χ1) is 10.0. The highest BCUT2D eigenvalue weighted by molar-refractivity contribution is 6.36. The number of benzene rings is 1. The lowest BCUT2D eigenvalue weighted by molar-refractivity contribution is -0.143. The Kier molecular flexibility index (Phi) is 5.03. The Morgan fingerprint density at radius 1 is 1.38 bits per heavy atom.